The summed E-state index contributed by atoms with van der Waals surface area (Å²) in [5.41, 5.74) is 2.63. The highest BCUT2D eigenvalue weighted by Gasteiger charge is 2.31. The number of hydrogen-bond acceptors (Lipinski definition) is 4. The summed E-state index contributed by atoms with van der Waals surface area (Å²) in [6, 6.07) is 8.07. The van der Waals surface area contributed by atoms with Gasteiger partial charge in [0.05, 0.1) is 0 Å². The van der Waals surface area contributed by atoms with Gasteiger partial charge in [0.15, 0.2) is 0 Å². The molecule has 0 bridgehead atoms. The molecule has 0 saturated carbocycles. The standard InChI is InChI=1S/C18H21N3O2/c1-4-15-19-16-13-7-5-6-8-14(13)23-17(16)18(20-15)21-9-11(2)22-12(3)10-21/h5-8,11-12H,4,9-10H2,1-3H3/p+1. The van der Waals surface area contributed by atoms with E-state index in [-0.39, 0.29) is 12.2 Å². The summed E-state index contributed by atoms with van der Waals surface area (Å²) in [5, 5.41) is 1.06. The lowest BCUT2D eigenvalue weighted by atomic mass is 10.2. The predicted octanol–water partition coefficient (Wildman–Crippen LogP) is 2.26. The molecule has 23 heavy (non-hydrogen) atoms. The van der Waals surface area contributed by atoms with Crippen molar-refractivity contribution in [2.75, 3.05) is 13.1 Å². The van der Waals surface area contributed by atoms with Crippen molar-refractivity contribution >= 4 is 27.9 Å². The van der Waals surface area contributed by atoms with Gasteiger partial charge >= 0.3 is 0 Å². The van der Waals surface area contributed by atoms with Gasteiger partial charge in [-0.1, -0.05) is 19.1 Å². The third-order valence-electron chi connectivity index (χ3n) is 4.45. The molecule has 5 nitrogen and oxygen atoms in total. The Bertz CT molecular complexity index is 848. The minimum absolute atomic E-state index is 0.216. The van der Waals surface area contributed by atoms with Crippen LogP contribution in [0.15, 0.2) is 28.7 Å². The number of aromatic nitrogens is 2. The van der Waals surface area contributed by atoms with Crippen molar-refractivity contribution in [2.45, 2.75) is 39.4 Å². The highest BCUT2D eigenvalue weighted by Crippen LogP contribution is 2.30. The number of aryl methyl sites for hydroxylation is 1. The molecule has 1 fully saturated rings. The van der Waals surface area contributed by atoms with E-state index in [9.17, 15) is 0 Å². The lowest BCUT2D eigenvalue weighted by Gasteiger charge is -2.31. The molecule has 0 amide bonds. The zero-order chi connectivity index (χ0) is 16.0. The molecule has 2 atom stereocenters. The molecule has 1 N–H and O–H groups in total. The van der Waals surface area contributed by atoms with E-state index in [0.29, 0.717) is 0 Å². The molecule has 3 aromatic rings. The summed E-state index contributed by atoms with van der Waals surface area (Å²) in [6.07, 6.45) is 1.25. The Morgan fingerprint density at radius 2 is 1.87 bits per heavy atom. The Hall–Kier alpha value is -1.98. The van der Waals surface area contributed by atoms with Crippen LogP contribution < -0.4 is 4.90 Å². The smallest absolute Gasteiger partial charge is 0.273 e. The summed E-state index contributed by atoms with van der Waals surface area (Å²) in [5.74, 6) is 1.85. The monoisotopic (exact) mass is 312 g/mol. The van der Waals surface area contributed by atoms with Gasteiger partial charge in [0.25, 0.3) is 5.82 Å². The third-order valence-corrected chi connectivity index (χ3v) is 4.45. The molecule has 1 aliphatic heterocycles. The van der Waals surface area contributed by atoms with E-state index < -0.39 is 0 Å². The number of hydrogen-bond donors (Lipinski definition) is 1. The molecular formula is C18H22N3O2+. The van der Waals surface area contributed by atoms with E-state index >= 15 is 0 Å². The third kappa shape index (κ3) is 2.50. The van der Waals surface area contributed by atoms with Crippen molar-refractivity contribution in [1.82, 2.24) is 9.97 Å². The maximum atomic E-state index is 6.12. The Morgan fingerprint density at radius 1 is 1.13 bits per heavy atom. The molecule has 120 valence electrons. The van der Waals surface area contributed by atoms with Crippen LogP contribution >= 0.6 is 0 Å². The lowest BCUT2D eigenvalue weighted by Crippen LogP contribution is -3.11. The van der Waals surface area contributed by atoms with Gasteiger partial charge < -0.3 is 9.15 Å². The van der Waals surface area contributed by atoms with E-state index in [0.717, 1.165) is 53.2 Å². The van der Waals surface area contributed by atoms with Gasteiger partial charge in [0.2, 0.25) is 5.58 Å². The molecule has 2 unspecified atom stereocenters. The summed E-state index contributed by atoms with van der Waals surface area (Å²) in [6.45, 7) is 8.13. The largest absolute Gasteiger partial charge is 0.446 e. The van der Waals surface area contributed by atoms with Gasteiger partial charge in [-0.15, -0.1) is 0 Å². The Kier molecular flexibility index (Phi) is 3.54. The van der Waals surface area contributed by atoms with Crippen LogP contribution in [0, 0.1) is 0 Å². The molecule has 5 heteroatoms. The van der Waals surface area contributed by atoms with E-state index in [1.165, 1.54) is 4.90 Å². The molecule has 0 aliphatic carbocycles. The van der Waals surface area contributed by atoms with Gasteiger partial charge in [-0.2, -0.15) is 4.98 Å². The maximum Gasteiger partial charge on any atom is 0.273 e. The van der Waals surface area contributed by atoms with Gasteiger partial charge in [-0.25, -0.2) is 4.98 Å². The number of morpholine rings is 1. The van der Waals surface area contributed by atoms with Crippen molar-refractivity contribution in [3.63, 3.8) is 0 Å². The number of ether oxygens (including phenoxy) is 1. The maximum absolute atomic E-state index is 6.12. The van der Waals surface area contributed by atoms with Crippen LogP contribution in [0.25, 0.3) is 22.1 Å². The zero-order valence-corrected chi connectivity index (χ0v) is 13.8. The van der Waals surface area contributed by atoms with E-state index in [1.807, 2.05) is 18.2 Å². The minimum Gasteiger partial charge on any atom is -0.446 e. The minimum atomic E-state index is 0.216. The van der Waals surface area contributed by atoms with Gasteiger partial charge in [0.1, 0.15) is 42.2 Å². The average molecular weight is 312 g/mol. The fraction of sp³-hybridized carbons (Fsp3) is 0.444. The number of nitrogens with zero attached hydrogens (tertiary/aromatic N) is 2. The Labute approximate surface area is 135 Å². The first-order valence-electron chi connectivity index (χ1n) is 8.34. The first-order chi connectivity index (χ1) is 11.2. The van der Waals surface area contributed by atoms with Crippen LogP contribution in [0.4, 0.5) is 5.82 Å². The second-order valence-corrected chi connectivity index (χ2v) is 6.39. The molecule has 1 saturated heterocycles. The topological polar surface area (TPSA) is 52.6 Å². The van der Waals surface area contributed by atoms with Crippen LogP contribution in [-0.4, -0.2) is 35.3 Å². The fourth-order valence-electron chi connectivity index (χ4n) is 3.50. The SMILES string of the molecule is CCc1nc([NH+]2CC(C)OC(C)C2)c2oc3ccccc3c2n1. The van der Waals surface area contributed by atoms with Gasteiger partial charge in [-0.05, 0) is 26.0 Å². The summed E-state index contributed by atoms with van der Waals surface area (Å²) in [4.78, 5) is 10.9. The average Bonchev–Trinajstić information content (AvgIpc) is 2.91. The van der Waals surface area contributed by atoms with E-state index in [1.54, 1.807) is 0 Å². The first kappa shape index (κ1) is 14.6. The van der Waals surface area contributed by atoms with Gasteiger partial charge in [0, 0.05) is 11.8 Å². The van der Waals surface area contributed by atoms with Gasteiger partial charge in [-0.3, -0.25) is 4.90 Å². The molecule has 1 aromatic carbocycles. The molecule has 0 spiro atoms. The lowest BCUT2D eigenvalue weighted by molar-refractivity contribution is -0.852. The van der Waals surface area contributed by atoms with Crippen LogP contribution in [0.1, 0.15) is 26.6 Å². The van der Waals surface area contributed by atoms with Crippen molar-refractivity contribution in [1.29, 1.82) is 0 Å². The summed E-state index contributed by atoms with van der Waals surface area (Å²) in [7, 11) is 0. The van der Waals surface area contributed by atoms with Crippen LogP contribution in [0.5, 0.6) is 0 Å². The zero-order valence-electron chi connectivity index (χ0n) is 13.8. The van der Waals surface area contributed by atoms with Crippen LogP contribution in [-0.2, 0) is 11.2 Å². The number of para-hydroxylation sites is 1. The second kappa shape index (κ2) is 5.58. The van der Waals surface area contributed by atoms with Crippen LogP contribution in [0.2, 0.25) is 0 Å². The predicted molar refractivity (Wildman–Crippen MR) is 89.1 cm³/mol. The molecule has 3 heterocycles. The Balaban J connectivity index is 1.94. The highest BCUT2D eigenvalue weighted by molar-refractivity contribution is 6.04. The fourth-order valence-corrected chi connectivity index (χ4v) is 3.50. The summed E-state index contributed by atoms with van der Waals surface area (Å²) >= 11 is 0. The number of benzene rings is 1. The van der Waals surface area contributed by atoms with Crippen LogP contribution in [0.3, 0.4) is 0 Å². The Morgan fingerprint density at radius 3 is 2.61 bits per heavy atom. The van der Waals surface area contributed by atoms with E-state index in [4.69, 9.17) is 19.1 Å². The van der Waals surface area contributed by atoms with Crippen molar-refractivity contribution in [2.24, 2.45) is 0 Å². The molecule has 2 aromatic heterocycles. The number of quaternary nitrogens is 1. The first-order valence-corrected chi connectivity index (χ1v) is 8.34. The number of furan rings is 1. The number of rotatable bonds is 2. The molecule has 1 aliphatic rings. The molecule has 0 radical (unpaired) electrons. The highest BCUT2D eigenvalue weighted by atomic mass is 16.5. The van der Waals surface area contributed by atoms with Crippen molar-refractivity contribution in [3.8, 4) is 0 Å². The van der Waals surface area contributed by atoms with Crippen molar-refractivity contribution < 1.29 is 14.1 Å². The summed E-state index contributed by atoms with van der Waals surface area (Å²) < 4.78 is 12.0. The molecule has 4 rings (SSSR count). The quantitative estimate of drug-likeness (QED) is 0.788. The van der Waals surface area contributed by atoms with Crippen molar-refractivity contribution in [3.05, 3.63) is 30.1 Å². The van der Waals surface area contributed by atoms with E-state index in [2.05, 4.69) is 26.8 Å². The molecular weight excluding hydrogens is 290 g/mol. The normalized spacial score (nSPS) is 25.3. The number of fused-ring (bicyclic) bond motifs is 3. The second-order valence-electron chi connectivity index (χ2n) is 6.39. The number of nitrogens with one attached hydrogen (secondary N) is 1.